The number of nitrogens with zero attached hydrogens (tertiary/aromatic N) is 3. The number of pyridine rings is 1. The van der Waals surface area contributed by atoms with Gasteiger partial charge in [0.15, 0.2) is 5.82 Å². The lowest BCUT2D eigenvalue weighted by molar-refractivity contribution is 0.0167. The molecule has 0 atom stereocenters. The molecule has 3 rings (SSSR count). The summed E-state index contributed by atoms with van der Waals surface area (Å²) in [5.41, 5.74) is 0.654. The molecule has 0 saturated carbocycles. The molecule has 22 heavy (non-hydrogen) atoms. The van der Waals surface area contributed by atoms with Crippen molar-refractivity contribution in [2.45, 2.75) is 19.3 Å². The number of halogens is 2. The van der Waals surface area contributed by atoms with Gasteiger partial charge in [-0.25, -0.2) is 18.7 Å². The number of fused-ring (bicyclic) bond motifs is 1. The summed E-state index contributed by atoms with van der Waals surface area (Å²) in [5, 5.41) is 5.73. The van der Waals surface area contributed by atoms with E-state index in [2.05, 4.69) is 20.3 Å². The van der Waals surface area contributed by atoms with E-state index < -0.39 is 5.92 Å². The lowest BCUT2D eigenvalue weighted by Crippen LogP contribution is -2.16. The van der Waals surface area contributed by atoms with E-state index in [0.717, 1.165) is 17.1 Å². The number of hydrogen-bond acceptors (Lipinski definition) is 5. The molecule has 0 aliphatic carbocycles. The highest BCUT2D eigenvalue weighted by Crippen LogP contribution is 2.28. The summed E-state index contributed by atoms with van der Waals surface area (Å²) < 4.78 is 25.9. The van der Waals surface area contributed by atoms with Gasteiger partial charge in [-0.05, 0) is 30.5 Å². The fourth-order valence-electron chi connectivity index (χ4n) is 2.00. The molecule has 4 nitrogen and oxygen atoms in total. The van der Waals surface area contributed by atoms with Crippen molar-refractivity contribution in [3.8, 4) is 11.5 Å². The molecule has 0 fully saturated rings. The molecule has 7 heteroatoms. The highest BCUT2D eigenvalue weighted by molar-refractivity contribution is 7.16. The normalized spacial score (nSPS) is 11.8. The maximum Gasteiger partial charge on any atom is 0.247 e. The molecule has 0 unspecified atom stereocenters. The minimum atomic E-state index is -2.70. The molecule has 0 amide bonds. The van der Waals surface area contributed by atoms with Crippen LogP contribution in [-0.2, 0) is 0 Å². The molecule has 0 spiro atoms. The van der Waals surface area contributed by atoms with Gasteiger partial charge in [-0.15, -0.1) is 11.3 Å². The summed E-state index contributed by atoms with van der Waals surface area (Å²) in [4.78, 5) is 14.0. The first-order valence-corrected chi connectivity index (χ1v) is 7.69. The molecular weight excluding hydrogens is 306 g/mol. The van der Waals surface area contributed by atoms with Crippen molar-refractivity contribution < 1.29 is 8.78 Å². The Morgan fingerprint density at radius 3 is 2.82 bits per heavy atom. The maximum atomic E-state index is 12.9. The van der Waals surface area contributed by atoms with Gasteiger partial charge in [0.1, 0.15) is 16.3 Å². The van der Waals surface area contributed by atoms with E-state index in [1.807, 2.05) is 29.6 Å². The van der Waals surface area contributed by atoms with Gasteiger partial charge in [-0.2, -0.15) is 0 Å². The minimum Gasteiger partial charge on any atom is -0.369 e. The second-order valence-corrected chi connectivity index (χ2v) is 5.89. The van der Waals surface area contributed by atoms with Crippen LogP contribution in [0.5, 0.6) is 0 Å². The Bertz CT molecular complexity index is 768. The van der Waals surface area contributed by atoms with Gasteiger partial charge in [0.25, 0.3) is 0 Å². The molecule has 0 radical (unpaired) electrons. The van der Waals surface area contributed by atoms with E-state index in [1.54, 1.807) is 6.20 Å². The molecule has 0 aliphatic heterocycles. The molecule has 114 valence electrons. The van der Waals surface area contributed by atoms with E-state index in [0.29, 0.717) is 17.3 Å². The van der Waals surface area contributed by atoms with Crippen LogP contribution in [0.3, 0.4) is 0 Å². The Hall–Kier alpha value is -2.15. The quantitative estimate of drug-likeness (QED) is 0.765. The number of alkyl halides is 2. The third-order valence-corrected chi connectivity index (χ3v) is 3.88. The van der Waals surface area contributed by atoms with Crippen LogP contribution in [0.2, 0.25) is 0 Å². The van der Waals surface area contributed by atoms with Gasteiger partial charge in [0.2, 0.25) is 5.92 Å². The molecule has 1 N–H and O–H groups in total. The Morgan fingerprint density at radius 2 is 2.09 bits per heavy atom. The average molecular weight is 320 g/mol. The number of hydrogen-bond donors (Lipinski definition) is 1. The smallest absolute Gasteiger partial charge is 0.247 e. The Labute approximate surface area is 130 Å². The number of anilines is 1. The summed E-state index contributed by atoms with van der Waals surface area (Å²) in [6.45, 7) is 1.06. The van der Waals surface area contributed by atoms with Crippen molar-refractivity contribution in [2.75, 3.05) is 11.9 Å². The van der Waals surface area contributed by atoms with Crippen molar-refractivity contribution in [3.63, 3.8) is 0 Å². The van der Waals surface area contributed by atoms with Crippen LogP contribution in [0.1, 0.15) is 13.3 Å². The lowest BCUT2D eigenvalue weighted by atomic mass is 10.2. The fourth-order valence-corrected chi connectivity index (χ4v) is 2.76. The summed E-state index contributed by atoms with van der Waals surface area (Å²) in [6.07, 6.45) is 1.42. The highest BCUT2D eigenvalue weighted by Gasteiger charge is 2.20. The topological polar surface area (TPSA) is 50.7 Å². The zero-order valence-electron chi connectivity index (χ0n) is 11.9. The van der Waals surface area contributed by atoms with Gasteiger partial charge in [-0.3, -0.25) is 4.98 Å². The Morgan fingerprint density at radius 1 is 1.23 bits per heavy atom. The number of nitrogens with one attached hydrogen (secondary N) is 1. The second kappa shape index (κ2) is 5.92. The van der Waals surface area contributed by atoms with E-state index >= 15 is 0 Å². The molecule has 0 saturated heterocycles. The first-order chi connectivity index (χ1) is 10.5. The molecule has 3 aromatic heterocycles. The average Bonchev–Trinajstić information content (AvgIpc) is 2.95. The standard InChI is InChI=1S/C15H14F2N4S/c1-15(16,17)6-8-19-12-10-5-9-22-14(10)21-13(20-12)11-4-2-3-7-18-11/h2-5,7,9H,6,8H2,1H3,(H,19,20,21). The number of aromatic nitrogens is 3. The summed E-state index contributed by atoms with van der Waals surface area (Å²) in [6, 6.07) is 7.37. The van der Waals surface area contributed by atoms with Gasteiger partial charge < -0.3 is 5.32 Å². The molecular formula is C15H14F2N4S. The van der Waals surface area contributed by atoms with Crippen LogP contribution in [0.25, 0.3) is 21.7 Å². The van der Waals surface area contributed by atoms with Crippen molar-refractivity contribution in [1.29, 1.82) is 0 Å². The van der Waals surface area contributed by atoms with E-state index in [-0.39, 0.29) is 13.0 Å². The van der Waals surface area contributed by atoms with Gasteiger partial charge in [-0.1, -0.05) is 6.07 Å². The molecule has 0 aliphatic rings. The first-order valence-electron chi connectivity index (χ1n) is 6.81. The van der Waals surface area contributed by atoms with Crippen molar-refractivity contribution in [2.24, 2.45) is 0 Å². The Balaban J connectivity index is 1.93. The second-order valence-electron chi connectivity index (χ2n) is 5.00. The zero-order valence-corrected chi connectivity index (χ0v) is 12.7. The van der Waals surface area contributed by atoms with E-state index in [9.17, 15) is 8.78 Å². The van der Waals surface area contributed by atoms with Gasteiger partial charge in [0, 0.05) is 19.2 Å². The van der Waals surface area contributed by atoms with Crippen molar-refractivity contribution in [3.05, 3.63) is 35.8 Å². The third kappa shape index (κ3) is 3.36. The van der Waals surface area contributed by atoms with E-state index in [4.69, 9.17) is 0 Å². The van der Waals surface area contributed by atoms with Gasteiger partial charge in [0.05, 0.1) is 5.39 Å². The van der Waals surface area contributed by atoms with Gasteiger partial charge >= 0.3 is 0 Å². The van der Waals surface area contributed by atoms with Crippen molar-refractivity contribution >= 4 is 27.4 Å². The number of thiophene rings is 1. The van der Waals surface area contributed by atoms with Crippen LogP contribution in [-0.4, -0.2) is 27.4 Å². The summed E-state index contributed by atoms with van der Waals surface area (Å²) in [5.74, 6) is -1.64. The highest BCUT2D eigenvalue weighted by atomic mass is 32.1. The van der Waals surface area contributed by atoms with Crippen LogP contribution in [0.15, 0.2) is 35.8 Å². The zero-order chi connectivity index (χ0) is 15.6. The molecule has 0 aromatic carbocycles. The largest absolute Gasteiger partial charge is 0.369 e. The monoisotopic (exact) mass is 320 g/mol. The van der Waals surface area contributed by atoms with Crippen LogP contribution < -0.4 is 5.32 Å². The molecule has 3 heterocycles. The summed E-state index contributed by atoms with van der Waals surface area (Å²) in [7, 11) is 0. The van der Waals surface area contributed by atoms with E-state index in [1.165, 1.54) is 11.3 Å². The Kier molecular flexibility index (Phi) is 3.98. The number of rotatable bonds is 5. The first kappa shape index (κ1) is 14.8. The molecule has 0 bridgehead atoms. The fraction of sp³-hybridized carbons (Fsp3) is 0.267. The SMILES string of the molecule is CC(F)(F)CCNc1nc(-c2ccccn2)nc2sccc12. The van der Waals surface area contributed by atoms with Crippen LogP contribution in [0, 0.1) is 0 Å². The van der Waals surface area contributed by atoms with Crippen LogP contribution in [0.4, 0.5) is 14.6 Å². The van der Waals surface area contributed by atoms with Crippen LogP contribution >= 0.6 is 11.3 Å². The third-order valence-electron chi connectivity index (χ3n) is 3.08. The predicted octanol–water partition coefficient (Wildman–Crippen LogP) is 4.21. The van der Waals surface area contributed by atoms with Crippen molar-refractivity contribution in [1.82, 2.24) is 15.0 Å². The lowest BCUT2D eigenvalue weighted by Gasteiger charge is -2.12. The maximum absolute atomic E-state index is 12.9. The summed E-state index contributed by atoms with van der Waals surface area (Å²) >= 11 is 1.48. The predicted molar refractivity (Wildman–Crippen MR) is 84.4 cm³/mol. The minimum absolute atomic E-state index is 0.146. The molecule has 3 aromatic rings.